The molecule has 0 saturated heterocycles. The lowest BCUT2D eigenvalue weighted by molar-refractivity contribution is 0.0889. The molecule has 0 radical (unpaired) electrons. The summed E-state index contributed by atoms with van der Waals surface area (Å²) in [5, 5.41) is 12.9. The minimum Gasteiger partial charge on any atom is -0.451 e. The van der Waals surface area contributed by atoms with Crippen molar-refractivity contribution in [2.24, 2.45) is 5.92 Å². The Hall–Kier alpha value is -1.81. The zero-order chi connectivity index (χ0) is 14.0. The summed E-state index contributed by atoms with van der Waals surface area (Å²) in [6.45, 7) is 5.68. The Morgan fingerprint density at radius 3 is 2.68 bits per heavy atom. The lowest BCUT2D eigenvalue weighted by Gasteiger charge is -2.18. The average Bonchev–Trinajstić information content (AvgIpc) is 2.75. The topological polar surface area (TPSA) is 62.5 Å². The molecule has 1 aromatic heterocycles. The number of carbonyl (C=O) groups excluding carboxylic acids is 1. The fraction of sp³-hybridized carbons (Fsp3) is 0.400. The number of para-hydroxylation sites is 1. The van der Waals surface area contributed by atoms with E-state index >= 15 is 0 Å². The highest BCUT2D eigenvalue weighted by atomic mass is 16.3. The van der Waals surface area contributed by atoms with Crippen molar-refractivity contribution >= 4 is 16.9 Å². The van der Waals surface area contributed by atoms with Gasteiger partial charge in [-0.1, -0.05) is 25.1 Å². The Balaban J connectivity index is 2.24. The highest BCUT2D eigenvalue weighted by molar-refractivity contribution is 5.99. The number of amides is 1. The molecule has 2 rings (SSSR count). The molecule has 4 heteroatoms. The zero-order valence-corrected chi connectivity index (χ0v) is 11.4. The van der Waals surface area contributed by atoms with Crippen LogP contribution in [0.2, 0.25) is 0 Å². The predicted octanol–water partition coefficient (Wildman–Crippen LogP) is 2.49. The highest BCUT2D eigenvalue weighted by Crippen LogP contribution is 2.24. The van der Waals surface area contributed by atoms with Crippen LogP contribution in [0.4, 0.5) is 0 Å². The maximum atomic E-state index is 12.2. The first-order valence-corrected chi connectivity index (χ1v) is 6.44. The third kappa shape index (κ3) is 2.63. The molecule has 2 atom stereocenters. The van der Waals surface area contributed by atoms with Crippen LogP contribution in [-0.2, 0) is 0 Å². The van der Waals surface area contributed by atoms with E-state index in [-0.39, 0.29) is 24.5 Å². The normalized spacial score (nSPS) is 14.3. The quantitative estimate of drug-likeness (QED) is 0.888. The van der Waals surface area contributed by atoms with Crippen LogP contribution >= 0.6 is 0 Å². The summed E-state index contributed by atoms with van der Waals surface area (Å²) in [7, 11) is 0. The van der Waals surface area contributed by atoms with Crippen LogP contribution in [0.15, 0.2) is 28.7 Å². The van der Waals surface area contributed by atoms with Crippen LogP contribution in [0.3, 0.4) is 0 Å². The van der Waals surface area contributed by atoms with Crippen molar-refractivity contribution in [2.75, 3.05) is 6.61 Å². The second-order valence-corrected chi connectivity index (χ2v) is 4.97. The van der Waals surface area contributed by atoms with E-state index in [1.807, 2.05) is 45.0 Å². The Morgan fingerprint density at radius 1 is 1.37 bits per heavy atom. The van der Waals surface area contributed by atoms with Crippen molar-refractivity contribution in [1.82, 2.24) is 5.32 Å². The van der Waals surface area contributed by atoms with Gasteiger partial charge in [0, 0.05) is 23.6 Å². The highest BCUT2D eigenvalue weighted by Gasteiger charge is 2.20. The molecule has 19 heavy (non-hydrogen) atoms. The molecule has 0 bridgehead atoms. The summed E-state index contributed by atoms with van der Waals surface area (Å²) < 4.78 is 5.60. The summed E-state index contributed by atoms with van der Waals surface area (Å²) in [4.78, 5) is 12.2. The van der Waals surface area contributed by atoms with Crippen molar-refractivity contribution < 1.29 is 14.3 Å². The van der Waals surface area contributed by atoms with Crippen LogP contribution in [0, 0.1) is 12.8 Å². The van der Waals surface area contributed by atoms with E-state index < -0.39 is 0 Å². The number of nitrogens with one attached hydrogen (secondary N) is 1. The number of hydrogen-bond acceptors (Lipinski definition) is 3. The monoisotopic (exact) mass is 261 g/mol. The second-order valence-electron chi connectivity index (χ2n) is 4.97. The van der Waals surface area contributed by atoms with Gasteiger partial charge in [-0.3, -0.25) is 4.79 Å². The van der Waals surface area contributed by atoms with E-state index in [1.165, 1.54) is 0 Å². The van der Waals surface area contributed by atoms with E-state index in [9.17, 15) is 4.79 Å². The number of aliphatic hydroxyl groups excluding tert-OH is 1. The van der Waals surface area contributed by atoms with Gasteiger partial charge in [0.2, 0.25) is 0 Å². The smallest absolute Gasteiger partial charge is 0.287 e. The summed E-state index contributed by atoms with van der Waals surface area (Å²) in [5.41, 5.74) is 1.56. The van der Waals surface area contributed by atoms with Gasteiger partial charge in [-0.2, -0.15) is 0 Å². The molecular weight excluding hydrogens is 242 g/mol. The Kier molecular flexibility index (Phi) is 3.90. The van der Waals surface area contributed by atoms with E-state index in [0.717, 1.165) is 10.9 Å². The van der Waals surface area contributed by atoms with Gasteiger partial charge in [-0.15, -0.1) is 0 Å². The van der Waals surface area contributed by atoms with Gasteiger partial charge in [0.25, 0.3) is 5.91 Å². The lowest BCUT2D eigenvalue weighted by Crippen LogP contribution is -2.38. The minimum absolute atomic E-state index is 0.00799. The fourth-order valence-electron chi connectivity index (χ4n) is 1.96. The van der Waals surface area contributed by atoms with Gasteiger partial charge in [-0.25, -0.2) is 0 Å². The number of aliphatic hydroxyl groups is 1. The Labute approximate surface area is 112 Å². The van der Waals surface area contributed by atoms with Gasteiger partial charge < -0.3 is 14.8 Å². The molecule has 1 amide bonds. The molecule has 0 saturated carbocycles. The molecule has 102 valence electrons. The molecule has 2 aromatic rings. The van der Waals surface area contributed by atoms with Gasteiger partial charge in [0.1, 0.15) is 5.58 Å². The summed E-state index contributed by atoms with van der Waals surface area (Å²) in [5.74, 6) is 0.119. The van der Waals surface area contributed by atoms with E-state index in [4.69, 9.17) is 9.52 Å². The van der Waals surface area contributed by atoms with Crippen LogP contribution in [-0.4, -0.2) is 23.7 Å². The number of furan rings is 1. The van der Waals surface area contributed by atoms with Crippen LogP contribution in [0.5, 0.6) is 0 Å². The summed E-state index contributed by atoms with van der Waals surface area (Å²) in [6.07, 6.45) is 0. The van der Waals surface area contributed by atoms with Crippen molar-refractivity contribution in [3.05, 3.63) is 35.6 Å². The number of benzene rings is 1. The largest absolute Gasteiger partial charge is 0.451 e. The fourth-order valence-corrected chi connectivity index (χ4v) is 1.96. The maximum Gasteiger partial charge on any atom is 0.287 e. The van der Waals surface area contributed by atoms with Crippen LogP contribution in [0.1, 0.15) is 30.0 Å². The first-order chi connectivity index (χ1) is 9.04. The third-order valence-electron chi connectivity index (χ3n) is 3.55. The first kappa shape index (κ1) is 13.6. The first-order valence-electron chi connectivity index (χ1n) is 6.44. The minimum atomic E-state index is -0.235. The van der Waals surface area contributed by atoms with Gasteiger partial charge in [0.05, 0.1) is 0 Å². The molecule has 0 fully saturated rings. The number of rotatable bonds is 4. The zero-order valence-electron chi connectivity index (χ0n) is 11.4. The van der Waals surface area contributed by atoms with Crippen molar-refractivity contribution in [2.45, 2.75) is 26.8 Å². The number of aryl methyl sites for hydroxylation is 1. The summed E-state index contributed by atoms with van der Waals surface area (Å²) >= 11 is 0. The molecule has 0 aliphatic carbocycles. The van der Waals surface area contributed by atoms with Gasteiger partial charge in [-0.05, 0) is 25.8 Å². The van der Waals surface area contributed by atoms with Crippen LogP contribution < -0.4 is 5.32 Å². The van der Waals surface area contributed by atoms with Crippen molar-refractivity contribution in [3.63, 3.8) is 0 Å². The Morgan fingerprint density at radius 2 is 2.05 bits per heavy atom. The van der Waals surface area contributed by atoms with Crippen LogP contribution in [0.25, 0.3) is 11.0 Å². The lowest BCUT2D eigenvalue weighted by atomic mass is 10.0. The maximum absolute atomic E-state index is 12.2. The van der Waals surface area contributed by atoms with E-state index in [1.54, 1.807) is 0 Å². The average molecular weight is 261 g/mol. The molecule has 0 aliphatic rings. The molecule has 1 heterocycles. The number of fused-ring (bicyclic) bond motifs is 1. The predicted molar refractivity (Wildman–Crippen MR) is 74.1 cm³/mol. The standard InChI is InChI=1S/C15H19NO3/c1-9(8-17)11(3)16-15(18)14-10(2)12-6-4-5-7-13(12)19-14/h4-7,9,11,17H,8H2,1-3H3,(H,16,18). The third-order valence-corrected chi connectivity index (χ3v) is 3.55. The molecular formula is C15H19NO3. The van der Waals surface area contributed by atoms with Crippen molar-refractivity contribution in [1.29, 1.82) is 0 Å². The number of hydrogen-bond donors (Lipinski definition) is 2. The molecule has 1 aromatic carbocycles. The Bertz CT molecular complexity index is 588. The molecule has 2 N–H and O–H groups in total. The van der Waals surface area contributed by atoms with Crippen molar-refractivity contribution in [3.8, 4) is 0 Å². The number of carbonyl (C=O) groups is 1. The van der Waals surface area contributed by atoms with E-state index in [2.05, 4.69) is 5.32 Å². The van der Waals surface area contributed by atoms with Gasteiger partial charge >= 0.3 is 0 Å². The second kappa shape index (κ2) is 5.45. The molecule has 0 aliphatic heterocycles. The molecule has 0 spiro atoms. The SMILES string of the molecule is Cc1c(C(=O)NC(C)C(C)CO)oc2ccccc12. The summed E-state index contributed by atoms with van der Waals surface area (Å²) in [6, 6.07) is 7.47. The molecule has 2 unspecified atom stereocenters. The molecule has 4 nitrogen and oxygen atoms in total. The van der Waals surface area contributed by atoms with Gasteiger partial charge in [0.15, 0.2) is 5.76 Å². The van der Waals surface area contributed by atoms with E-state index in [0.29, 0.717) is 11.3 Å².